The maximum atomic E-state index is 12.2. The largest absolute Gasteiger partial charge is 0.337 e. The summed E-state index contributed by atoms with van der Waals surface area (Å²) in [7, 11) is 0. The van der Waals surface area contributed by atoms with Gasteiger partial charge in [0, 0.05) is 19.3 Å². The van der Waals surface area contributed by atoms with Crippen molar-refractivity contribution < 1.29 is 4.79 Å². The number of hydrogen-bond donors (Lipinski definition) is 2. The predicted octanol–water partition coefficient (Wildman–Crippen LogP) is 1.38. The van der Waals surface area contributed by atoms with Gasteiger partial charge in [-0.25, -0.2) is 0 Å². The Morgan fingerprint density at radius 1 is 1.29 bits per heavy atom. The molecule has 1 aliphatic rings. The lowest BCUT2D eigenvalue weighted by Gasteiger charge is -2.19. The first-order chi connectivity index (χ1) is 8.31. The third-order valence-corrected chi connectivity index (χ3v) is 3.04. The monoisotopic (exact) mass is 234 g/mol. The summed E-state index contributed by atoms with van der Waals surface area (Å²) in [5, 5.41) is 0. The highest BCUT2D eigenvalue weighted by molar-refractivity contribution is 5.93. The average molecular weight is 234 g/mol. The number of likely N-dealkylation sites (tertiary alicyclic amines) is 1. The van der Waals surface area contributed by atoms with Gasteiger partial charge in [-0.15, -0.1) is 0 Å². The van der Waals surface area contributed by atoms with Gasteiger partial charge < -0.3 is 10.3 Å². The smallest absolute Gasteiger partial charge is 0.272 e. The fourth-order valence-electron chi connectivity index (χ4n) is 2.07. The molecule has 1 fully saturated rings. The van der Waals surface area contributed by atoms with Gasteiger partial charge in [0.1, 0.15) is 5.69 Å². The van der Waals surface area contributed by atoms with Crippen molar-refractivity contribution in [3.05, 3.63) is 24.0 Å². The first kappa shape index (κ1) is 11.9. The van der Waals surface area contributed by atoms with Crippen LogP contribution < -0.4 is 11.3 Å². The Labute approximate surface area is 101 Å². The van der Waals surface area contributed by atoms with Crippen LogP contribution in [0.15, 0.2) is 18.3 Å². The molecule has 3 N–H and O–H groups in total. The van der Waals surface area contributed by atoms with Gasteiger partial charge in [0.25, 0.3) is 5.91 Å². The Balaban J connectivity index is 2.11. The number of nitrogens with zero attached hydrogens (tertiary/aromatic N) is 2. The van der Waals surface area contributed by atoms with Crippen LogP contribution in [0.3, 0.4) is 0 Å². The standard InChI is InChI=1S/C12H18N4O/c13-15-10-5-6-14-11(9-10)12(17)16-7-3-1-2-4-8-16/h5-6,9H,1-4,7-8,13H2,(H,14,15). The molecule has 0 bridgehead atoms. The van der Waals surface area contributed by atoms with Crippen LogP contribution in [0.4, 0.5) is 5.69 Å². The van der Waals surface area contributed by atoms with Crippen molar-refractivity contribution in [1.82, 2.24) is 9.88 Å². The van der Waals surface area contributed by atoms with E-state index in [9.17, 15) is 4.79 Å². The zero-order chi connectivity index (χ0) is 12.1. The first-order valence-electron chi connectivity index (χ1n) is 6.03. The van der Waals surface area contributed by atoms with E-state index in [1.54, 1.807) is 18.3 Å². The molecule has 0 atom stereocenters. The van der Waals surface area contributed by atoms with Crippen LogP contribution in [-0.2, 0) is 0 Å². The molecule has 92 valence electrons. The molecular weight excluding hydrogens is 216 g/mol. The Kier molecular flexibility index (Phi) is 3.93. The minimum atomic E-state index is 0.00370. The van der Waals surface area contributed by atoms with Crippen LogP contribution in [-0.4, -0.2) is 28.9 Å². The molecule has 0 radical (unpaired) electrons. The molecule has 0 aromatic carbocycles. The predicted molar refractivity (Wildman–Crippen MR) is 66.4 cm³/mol. The van der Waals surface area contributed by atoms with Crippen LogP contribution in [0.25, 0.3) is 0 Å². The van der Waals surface area contributed by atoms with Crippen LogP contribution in [0.5, 0.6) is 0 Å². The lowest BCUT2D eigenvalue weighted by atomic mass is 10.2. The highest BCUT2D eigenvalue weighted by Crippen LogP contribution is 2.14. The van der Waals surface area contributed by atoms with E-state index >= 15 is 0 Å². The number of pyridine rings is 1. The lowest BCUT2D eigenvalue weighted by Crippen LogP contribution is -2.32. The van der Waals surface area contributed by atoms with Crippen molar-refractivity contribution >= 4 is 11.6 Å². The number of nitrogens with two attached hydrogens (primary N) is 1. The van der Waals surface area contributed by atoms with Crippen molar-refractivity contribution in [3.63, 3.8) is 0 Å². The highest BCUT2D eigenvalue weighted by atomic mass is 16.2. The van der Waals surface area contributed by atoms with Crippen molar-refractivity contribution in [3.8, 4) is 0 Å². The van der Waals surface area contributed by atoms with Gasteiger partial charge in [-0.3, -0.25) is 15.6 Å². The van der Waals surface area contributed by atoms with Crippen molar-refractivity contribution in [2.24, 2.45) is 5.84 Å². The van der Waals surface area contributed by atoms with E-state index in [4.69, 9.17) is 5.84 Å². The van der Waals surface area contributed by atoms with Crippen LogP contribution in [0.1, 0.15) is 36.2 Å². The summed E-state index contributed by atoms with van der Waals surface area (Å²) < 4.78 is 0. The van der Waals surface area contributed by atoms with Gasteiger partial charge in [-0.2, -0.15) is 0 Å². The van der Waals surface area contributed by atoms with Gasteiger partial charge >= 0.3 is 0 Å². The number of aromatic nitrogens is 1. The number of rotatable bonds is 2. The van der Waals surface area contributed by atoms with Gasteiger partial charge in [0.2, 0.25) is 0 Å². The molecule has 1 saturated heterocycles. The second kappa shape index (κ2) is 5.63. The third-order valence-electron chi connectivity index (χ3n) is 3.04. The number of nitrogen functional groups attached to an aromatic ring is 1. The molecule has 1 aromatic rings. The quantitative estimate of drug-likeness (QED) is 0.599. The normalized spacial score (nSPS) is 16.4. The first-order valence-corrected chi connectivity index (χ1v) is 6.03. The number of amides is 1. The number of hydrazine groups is 1. The molecule has 2 rings (SSSR count). The number of carbonyl (C=O) groups is 1. The molecule has 17 heavy (non-hydrogen) atoms. The molecule has 5 nitrogen and oxygen atoms in total. The molecular formula is C12H18N4O. The van der Waals surface area contributed by atoms with Gasteiger partial charge in [-0.1, -0.05) is 12.8 Å². The molecule has 2 heterocycles. The number of anilines is 1. The summed E-state index contributed by atoms with van der Waals surface area (Å²) in [6, 6.07) is 3.42. The SMILES string of the molecule is NNc1ccnc(C(=O)N2CCCCCC2)c1. The second-order valence-corrected chi connectivity index (χ2v) is 4.28. The minimum Gasteiger partial charge on any atom is -0.337 e. The summed E-state index contributed by atoms with van der Waals surface area (Å²) in [5.41, 5.74) is 3.69. The van der Waals surface area contributed by atoms with E-state index in [1.807, 2.05) is 4.90 Å². The Morgan fingerprint density at radius 3 is 2.65 bits per heavy atom. The number of nitrogens with one attached hydrogen (secondary N) is 1. The van der Waals surface area contributed by atoms with Crippen molar-refractivity contribution in [2.45, 2.75) is 25.7 Å². The summed E-state index contributed by atoms with van der Waals surface area (Å²) in [4.78, 5) is 18.2. The molecule has 1 aromatic heterocycles. The molecule has 0 saturated carbocycles. The summed E-state index contributed by atoms with van der Waals surface area (Å²) in [5.74, 6) is 5.32. The van der Waals surface area contributed by atoms with E-state index in [0.717, 1.165) is 25.9 Å². The van der Waals surface area contributed by atoms with Crippen LogP contribution in [0, 0.1) is 0 Å². The van der Waals surface area contributed by atoms with E-state index < -0.39 is 0 Å². The van der Waals surface area contributed by atoms with Crippen molar-refractivity contribution in [1.29, 1.82) is 0 Å². The molecule has 0 spiro atoms. The summed E-state index contributed by atoms with van der Waals surface area (Å²) in [6.07, 6.45) is 6.19. The number of carbonyl (C=O) groups excluding carboxylic acids is 1. The fraction of sp³-hybridized carbons (Fsp3) is 0.500. The zero-order valence-corrected chi connectivity index (χ0v) is 9.85. The second-order valence-electron chi connectivity index (χ2n) is 4.28. The molecule has 0 aliphatic carbocycles. The molecule has 0 unspecified atom stereocenters. The maximum Gasteiger partial charge on any atom is 0.272 e. The maximum absolute atomic E-state index is 12.2. The summed E-state index contributed by atoms with van der Waals surface area (Å²) in [6.45, 7) is 1.67. The topological polar surface area (TPSA) is 71.2 Å². The Bertz CT molecular complexity index is 386. The molecule has 1 aliphatic heterocycles. The third kappa shape index (κ3) is 2.94. The van der Waals surface area contributed by atoms with E-state index in [2.05, 4.69) is 10.4 Å². The average Bonchev–Trinajstić information content (AvgIpc) is 2.67. The van der Waals surface area contributed by atoms with Crippen LogP contribution >= 0.6 is 0 Å². The number of hydrogen-bond acceptors (Lipinski definition) is 4. The Morgan fingerprint density at radius 2 is 2.00 bits per heavy atom. The van der Waals surface area contributed by atoms with Gasteiger partial charge in [0.15, 0.2) is 0 Å². The van der Waals surface area contributed by atoms with Gasteiger partial charge in [-0.05, 0) is 25.0 Å². The minimum absolute atomic E-state index is 0.00370. The zero-order valence-electron chi connectivity index (χ0n) is 9.85. The van der Waals surface area contributed by atoms with E-state index in [-0.39, 0.29) is 5.91 Å². The molecule has 5 heteroatoms. The Hall–Kier alpha value is -1.62. The van der Waals surface area contributed by atoms with E-state index in [0.29, 0.717) is 11.4 Å². The van der Waals surface area contributed by atoms with Gasteiger partial charge in [0.05, 0.1) is 5.69 Å². The fourth-order valence-corrected chi connectivity index (χ4v) is 2.07. The van der Waals surface area contributed by atoms with E-state index in [1.165, 1.54) is 12.8 Å². The van der Waals surface area contributed by atoms with Crippen LogP contribution in [0.2, 0.25) is 0 Å². The highest BCUT2D eigenvalue weighted by Gasteiger charge is 2.18. The lowest BCUT2D eigenvalue weighted by molar-refractivity contribution is 0.0756. The summed E-state index contributed by atoms with van der Waals surface area (Å²) >= 11 is 0. The van der Waals surface area contributed by atoms with Crippen molar-refractivity contribution in [2.75, 3.05) is 18.5 Å². The molecule has 1 amide bonds.